The van der Waals surface area contributed by atoms with Gasteiger partial charge in [0.15, 0.2) is 0 Å². The van der Waals surface area contributed by atoms with Crippen LogP contribution in [0.2, 0.25) is 0 Å². The number of halogens is 1. The van der Waals surface area contributed by atoms with Crippen LogP contribution in [-0.2, 0) is 11.3 Å². The maximum atomic E-state index is 12.9. The maximum Gasteiger partial charge on any atom is 0.234 e. The number of oxazole rings is 1. The lowest BCUT2D eigenvalue weighted by Gasteiger charge is -2.22. The largest absolute Gasteiger partial charge is 0.444 e. The molecule has 0 aliphatic heterocycles. The van der Waals surface area contributed by atoms with Crippen molar-refractivity contribution < 1.29 is 13.6 Å². The molecule has 0 aliphatic carbocycles. The Labute approximate surface area is 135 Å². The zero-order valence-corrected chi connectivity index (χ0v) is 13.9. The van der Waals surface area contributed by atoms with Gasteiger partial charge >= 0.3 is 0 Å². The van der Waals surface area contributed by atoms with Crippen LogP contribution in [0.15, 0.2) is 34.9 Å². The molecule has 124 valence electrons. The number of likely N-dealkylation sites (N-methyl/N-ethyl adjacent to an activating group) is 1. The van der Waals surface area contributed by atoms with Gasteiger partial charge in [-0.1, -0.05) is 0 Å². The highest BCUT2D eigenvalue weighted by molar-refractivity contribution is 5.78. The van der Waals surface area contributed by atoms with Crippen molar-refractivity contribution in [2.45, 2.75) is 32.9 Å². The van der Waals surface area contributed by atoms with E-state index in [1.54, 1.807) is 18.4 Å². The van der Waals surface area contributed by atoms with Crippen LogP contribution in [0.5, 0.6) is 0 Å². The molecule has 0 atom stereocenters. The number of hydrogen-bond donors (Lipinski definition) is 1. The molecule has 0 saturated carbocycles. The maximum absolute atomic E-state index is 12.9. The first-order chi connectivity index (χ1) is 10.7. The molecule has 1 heterocycles. The van der Waals surface area contributed by atoms with E-state index in [1.165, 1.54) is 12.1 Å². The van der Waals surface area contributed by atoms with Gasteiger partial charge in [0.1, 0.15) is 12.1 Å². The van der Waals surface area contributed by atoms with Crippen molar-refractivity contribution in [3.8, 4) is 11.5 Å². The van der Waals surface area contributed by atoms with Gasteiger partial charge in [0.05, 0.1) is 12.2 Å². The van der Waals surface area contributed by atoms with Crippen LogP contribution < -0.4 is 5.32 Å². The summed E-state index contributed by atoms with van der Waals surface area (Å²) in [5, 5.41) is 2.91. The number of hydrogen-bond acceptors (Lipinski definition) is 4. The predicted octanol–water partition coefficient (Wildman–Crippen LogP) is 2.83. The number of nitrogens with zero attached hydrogens (tertiary/aromatic N) is 2. The van der Waals surface area contributed by atoms with E-state index in [0.717, 1.165) is 5.69 Å². The second-order valence-corrected chi connectivity index (χ2v) is 6.62. The van der Waals surface area contributed by atoms with Crippen molar-refractivity contribution in [3.63, 3.8) is 0 Å². The second-order valence-electron chi connectivity index (χ2n) is 6.62. The van der Waals surface area contributed by atoms with Crippen LogP contribution in [-0.4, -0.2) is 34.9 Å². The Morgan fingerprint density at radius 2 is 1.96 bits per heavy atom. The molecule has 0 aliphatic rings. The smallest absolute Gasteiger partial charge is 0.234 e. The quantitative estimate of drug-likeness (QED) is 0.920. The Morgan fingerprint density at radius 3 is 2.57 bits per heavy atom. The third-order valence-electron chi connectivity index (χ3n) is 3.00. The van der Waals surface area contributed by atoms with Crippen molar-refractivity contribution in [2.24, 2.45) is 0 Å². The van der Waals surface area contributed by atoms with Gasteiger partial charge in [-0.3, -0.25) is 9.69 Å². The molecular weight excluding hydrogens is 297 g/mol. The van der Waals surface area contributed by atoms with E-state index >= 15 is 0 Å². The molecule has 0 fully saturated rings. The lowest BCUT2D eigenvalue weighted by molar-refractivity contribution is -0.123. The number of nitrogens with one attached hydrogen (secondary N) is 1. The number of amides is 1. The van der Waals surface area contributed by atoms with E-state index in [-0.39, 0.29) is 23.8 Å². The molecule has 6 heteroatoms. The van der Waals surface area contributed by atoms with Gasteiger partial charge in [-0.25, -0.2) is 9.37 Å². The summed E-state index contributed by atoms with van der Waals surface area (Å²) in [6, 6.07) is 5.96. The zero-order chi connectivity index (χ0) is 17.0. The lowest BCUT2D eigenvalue weighted by Crippen LogP contribution is -2.45. The van der Waals surface area contributed by atoms with Crippen molar-refractivity contribution in [3.05, 3.63) is 42.0 Å². The minimum atomic E-state index is -0.301. The molecule has 1 N–H and O–H groups in total. The first kappa shape index (κ1) is 17.1. The summed E-state index contributed by atoms with van der Waals surface area (Å²) in [7, 11) is 1.84. The summed E-state index contributed by atoms with van der Waals surface area (Å²) >= 11 is 0. The molecule has 0 spiro atoms. The Hall–Kier alpha value is -2.21. The van der Waals surface area contributed by atoms with E-state index in [9.17, 15) is 9.18 Å². The van der Waals surface area contributed by atoms with Crippen LogP contribution in [0.25, 0.3) is 11.5 Å². The van der Waals surface area contributed by atoms with Crippen molar-refractivity contribution in [2.75, 3.05) is 13.6 Å². The molecule has 1 aromatic carbocycles. The number of rotatable bonds is 5. The highest BCUT2D eigenvalue weighted by Crippen LogP contribution is 2.19. The normalized spacial score (nSPS) is 11.7. The Balaban J connectivity index is 1.93. The minimum Gasteiger partial charge on any atom is -0.444 e. The zero-order valence-electron chi connectivity index (χ0n) is 13.9. The third-order valence-corrected chi connectivity index (χ3v) is 3.00. The predicted molar refractivity (Wildman–Crippen MR) is 86.1 cm³/mol. The molecular formula is C17H22FN3O2. The molecule has 0 saturated heterocycles. The molecule has 1 amide bonds. The second kappa shape index (κ2) is 6.91. The van der Waals surface area contributed by atoms with Crippen LogP contribution in [0, 0.1) is 5.82 Å². The van der Waals surface area contributed by atoms with E-state index in [2.05, 4.69) is 10.3 Å². The molecule has 23 heavy (non-hydrogen) atoms. The van der Waals surface area contributed by atoms with Gasteiger partial charge in [0, 0.05) is 17.6 Å². The summed E-state index contributed by atoms with van der Waals surface area (Å²) in [6.45, 7) is 6.59. The molecule has 2 aromatic rings. The van der Waals surface area contributed by atoms with E-state index in [0.29, 0.717) is 18.0 Å². The molecule has 1 aromatic heterocycles. The highest BCUT2D eigenvalue weighted by atomic mass is 19.1. The van der Waals surface area contributed by atoms with Crippen LogP contribution >= 0.6 is 0 Å². The fourth-order valence-corrected chi connectivity index (χ4v) is 2.14. The van der Waals surface area contributed by atoms with Crippen LogP contribution in [0.3, 0.4) is 0 Å². The fraction of sp³-hybridized carbons (Fsp3) is 0.412. The number of benzene rings is 1. The average Bonchev–Trinajstić information content (AvgIpc) is 2.85. The Morgan fingerprint density at radius 1 is 1.30 bits per heavy atom. The first-order valence-corrected chi connectivity index (χ1v) is 7.43. The summed E-state index contributed by atoms with van der Waals surface area (Å²) in [4.78, 5) is 18.1. The molecule has 0 radical (unpaired) electrons. The van der Waals surface area contributed by atoms with E-state index in [1.807, 2.05) is 32.7 Å². The molecule has 2 rings (SSSR count). The molecule has 0 unspecified atom stereocenters. The summed E-state index contributed by atoms with van der Waals surface area (Å²) < 4.78 is 18.3. The van der Waals surface area contributed by atoms with E-state index < -0.39 is 0 Å². The Kier molecular flexibility index (Phi) is 5.15. The molecule has 5 nitrogen and oxygen atoms in total. The summed E-state index contributed by atoms with van der Waals surface area (Å²) in [5.74, 6) is 0.0971. The van der Waals surface area contributed by atoms with Gasteiger partial charge in [0.25, 0.3) is 0 Å². The number of carbonyl (C=O) groups is 1. The fourth-order valence-electron chi connectivity index (χ4n) is 2.14. The van der Waals surface area contributed by atoms with Gasteiger partial charge in [-0.2, -0.15) is 0 Å². The van der Waals surface area contributed by atoms with Crippen molar-refractivity contribution in [1.82, 2.24) is 15.2 Å². The van der Waals surface area contributed by atoms with Gasteiger partial charge < -0.3 is 9.73 Å². The Bertz CT molecular complexity index is 659. The lowest BCUT2D eigenvalue weighted by atomic mass is 10.1. The SMILES string of the molecule is CN(CC(=O)NC(C)(C)C)Cc1coc(-c2ccc(F)cc2)n1. The summed E-state index contributed by atoms with van der Waals surface area (Å²) in [5.41, 5.74) is 1.18. The van der Waals surface area contributed by atoms with Crippen LogP contribution in [0.4, 0.5) is 4.39 Å². The monoisotopic (exact) mass is 319 g/mol. The number of aromatic nitrogens is 1. The topological polar surface area (TPSA) is 58.4 Å². The van der Waals surface area contributed by atoms with Gasteiger partial charge in [-0.05, 0) is 52.1 Å². The van der Waals surface area contributed by atoms with Crippen molar-refractivity contribution >= 4 is 5.91 Å². The minimum absolute atomic E-state index is 0.0396. The van der Waals surface area contributed by atoms with Crippen molar-refractivity contribution in [1.29, 1.82) is 0 Å². The van der Waals surface area contributed by atoms with Gasteiger partial charge in [0.2, 0.25) is 11.8 Å². The standard InChI is InChI=1S/C17H22FN3O2/c1-17(2,3)20-15(22)10-21(4)9-14-11-23-16(19-14)12-5-7-13(18)8-6-12/h5-8,11H,9-10H2,1-4H3,(H,20,22). The van der Waals surface area contributed by atoms with Gasteiger partial charge in [-0.15, -0.1) is 0 Å². The third kappa shape index (κ3) is 5.49. The highest BCUT2D eigenvalue weighted by Gasteiger charge is 2.16. The number of carbonyl (C=O) groups excluding carboxylic acids is 1. The average molecular weight is 319 g/mol. The van der Waals surface area contributed by atoms with E-state index in [4.69, 9.17) is 4.42 Å². The van der Waals surface area contributed by atoms with Crippen LogP contribution in [0.1, 0.15) is 26.5 Å². The summed E-state index contributed by atoms with van der Waals surface area (Å²) in [6.07, 6.45) is 1.55. The molecule has 0 bridgehead atoms. The first-order valence-electron chi connectivity index (χ1n) is 7.43.